The van der Waals surface area contributed by atoms with Crippen molar-refractivity contribution in [2.75, 3.05) is 6.54 Å². The molecule has 0 aliphatic carbocycles. The standard InChI is InChI=1S/C15H26N2O2S/c1-11(2)9-14(10-16)17-20(18,19)15-7-5-13(6-8-15)12(3)4/h5-8,11-12,14,17H,9-10,16H2,1-4H3. The molecule has 0 heterocycles. The Morgan fingerprint density at radius 1 is 1.10 bits per heavy atom. The highest BCUT2D eigenvalue weighted by molar-refractivity contribution is 7.89. The second-order valence-corrected chi connectivity index (χ2v) is 7.62. The first-order chi connectivity index (χ1) is 9.26. The van der Waals surface area contributed by atoms with Gasteiger partial charge in [0.15, 0.2) is 0 Å². The molecule has 0 bridgehead atoms. The first-order valence-corrected chi connectivity index (χ1v) is 8.57. The van der Waals surface area contributed by atoms with E-state index in [2.05, 4.69) is 18.6 Å². The smallest absolute Gasteiger partial charge is 0.240 e. The highest BCUT2D eigenvalue weighted by atomic mass is 32.2. The molecule has 114 valence electrons. The monoisotopic (exact) mass is 298 g/mol. The molecule has 0 saturated carbocycles. The van der Waals surface area contributed by atoms with E-state index in [-0.39, 0.29) is 6.04 Å². The molecule has 0 radical (unpaired) electrons. The molecule has 0 aliphatic rings. The summed E-state index contributed by atoms with van der Waals surface area (Å²) < 4.78 is 27.3. The van der Waals surface area contributed by atoms with Crippen LogP contribution in [-0.2, 0) is 10.0 Å². The van der Waals surface area contributed by atoms with E-state index in [1.165, 1.54) is 0 Å². The van der Waals surface area contributed by atoms with E-state index in [0.29, 0.717) is 23.3 Å². The van der Waals surface area contributed by atoms with Gasteiger partial charge in [0.25, 0.3) is 0 Å². The third-order valence-corrected chi connectivity index (χ3v) is 4.76. The van der Waals surface area contributed by atoms with Gasteiger partial charge in [-0.15, -0.1) is 0 Å². The molecule has 0 saturated heterocycles. The number of sulfonamides is 1. The molecular formula is C15H26N2O2S. The van der Waals surface area contributed by atoms with E-state index in [0.717, 1.165) is 12.0 Å². The number of hydrogen-bond donors (Lipinski definition) is 2. The van der Waals surface area contributed by atoms with E-state index in [9.17, 15) is 8.42 Å². The van der Waals surface area contributed by atoms with Crippen LogP contribution in [0.4, 0.5) is 0 Å². The van der Waals surface area contributed by atoms with Crippen molar-refractivity contribution in [2.24, 2.45) is 11.7 Å². The predicted molar refractivity (Wildman–Crippen MR) is 83.1 cm³/mol. The van der Waals surface area contributed by atoms with Gasteiger partial charge >= 0.3 is 0 Å². The summed E-state index contributed by atoms with van der Waals surface area (Å²) in [4.78, 5) is 0.295. The number of nitrogens with two attached hydrogens (primary N) is 1. The van der Waals surface area contributed by atoms with Gasteiger partial charge in [0.05, 0.1) is 4.90 Å². The van der Waals surface area contributed by atoms with Gasteiger partial charge in [0.1, 0.15) is 0 Å². The predicted octanol–water partition coefficient (Wildman–Crippen LogP) is 2.46. The van der Waals surface area contributed by atoms with Crippen LogP contribution in [0.25, 0.3) is 0 Å². The van der Waals surface area contributed by atoms with Crippen LogP contribution >= 0.6 is 0 Å². The van der Waals surface area contributed by atoms with Gasteiger partial charge in [-0.2, -0.15) is 0 Å². The van der Waals surface area contributed by atoms with E-state index >= 15 is 0 Å². The van der Waals surface area contributed by atoms with Gasteiger partial charge in [-0.05, 0) is 36.0 Å². The van der Waals surface area contributed by atoms with Crippen molar-refractivity contribution in [2.45, 2.75) is 51.0 Å². The summed E-state index contributed by atoms with van der Waals surface area (Å²) in [6.07, 6.45) is 0.736. The van der Waals surface area contributed by atoms with Gasteiger partial charge in [0.2, 0.25) is 10.0 Å². The molecule has 4 nitrogen and oxygen atoms in total. The van der Waals surface area contributed by atoms with Crippen molar-refractivity contribution in [1.82, 2.24) is 4.72 Å². The average Bonchev–Trinajstić information content (AvgIpc) is 2.37. The molecule has 0 amide bonds. The molecule has 3 N–H and O–H groups in total. The summed E-state index contributed by atoms with van der Waals surface area (Å²) in [6.45, 7) is 8.56. The van der Waals surface area contributed by atoms with Gasteiger partial charge in [-0.1, -0.05) is 39.8 Å². The van der Waals surface area contributed by atoms with E-state index in [4.69, 9.17) is 5.73 Å². The summed E-state index contributed by atoms with van der Waals surface area (Å²) in [5.74, 6) is 0.784. The van der Waals surface area contributed by atoms with Crippen LogP contribution in [0.5, 0.6) is 0 Å². The zero-order chi connectivity index (χ0) is 15.3. The fourth-order valence-electron chi connectivity index (χ4n) is 2.08. The van der Waals surface area contributed by atoms with E-state index < -0.39 is 10.0 Å². The van der Waals surface area contributed by atoms with Crippen LogP contribution in [0.1, 0.15) is 45.6 Å². The average molecular weight is 298 g/mol. The summed E-state index contributed by atoms with van der Waals surface area (Å²) >= 11 is 0. The molecule has 0 spiro atoms. The van der Waals surface area contributed by atoms with Gasteiger partial charge in [0, 0.05) is 12.6 Å². The van der Waals surface area contributed by atoms with Crippen LogP contribution in [0, 0.1) is 5.92 Å². The minimum Gasteiger partial charge on any atom is -0.329 e. The highest BCUT2D eigenvalue weighted by Crippen LogP contribution is 2.18. The molecule has 5 heteroatoms. The van der Waals surface area contributed by atoms with Gasteiger partial charge < -0.3 is 5.73 Å². The quantitative estimate of drug-likeness (QED) is 0.812. The Balaban J connectivity index is 2.87. The van der Waals surface area contributed by atoms with Crippen molar-refractivity contribution in [1.29, 1.82) is 0 Å². The van der Waals surface area contributed by atoms with Crippen LogP contribution in [0.3, 0.4) is 0 Å². The Labute approximate surface area is 122 Å². The number of rotatable bonds is 7. The van der Waals surface area contributed by atoms with Crippen LogP contribution in [0.15, 0.2) is 29.2 Å². The molecular weight excluding hydrogens is 272 g/mol. The van der Waals surface area contributed by atoms with E-state index in [1.54, 1.807) is 12.1 Å². The Morgan fingerprint density at radius 2 is 1.65 bits per heavy atom. The Morgan fingerprint density at radius 3 is 2.05 bits per heavy atom. The van der Waals surface area contributed by atoms with Crippen molar-refractivity contribution in [3.8, 4) is 0 Å². The minimum atomic E-state index is -3.49. The van der Waals surface area contributed by atoms with Gasteiger partial charge in [-0.3, -0.25) is 0 Å². The molecule has 20 heavy (non-hydrogen) atoms. The SMILES string of the molecule is CC(C)CC(CN)NS(=O)(=O)c1ccc(C(C)C)cc1. The lowest BCUT2D eigenvalue weighted by atomic mass is 10.0. The number of nitrogens with one attached hydrogen (secondary N) is 1. The molecule has 0 aliphatic heterocycles. The van der Waals surface area contributed by atoms with Crippen molar-refractivity contribution >= 4 is 10.0 Å². The number of benzene rings is 1. The Hall–Kier alpha value is -0.910. The first kappa shape index (κ1) is 17.1. The minimum absolute atomic E-state index is 0.218. The zero-order valence-electron chi connectivity index (χ0n) is 12.8. The lowest BCUT2D eigenvalue weighted by molar-refractivity contribution is 0.465. The fourth-order valence-corrected chi connectivity index (χ4v) is 3.34. The molecule has 0 aromatic heterocycles. The summed E-state index contributed by atoms with van der Waals surface area (Å²) in [7, 11) is -3.49. The van der Waals surface area contributed by atoms with Crippen molar-refractivity contribution in [3.05, 3.63) is 29.8 Å². The van der Waals surface area contributed by atoms with Crippen LogP contribution in [-0.4, -0.2) is 21.0 Å². The summed E-state index contributed by atoms with van der Waals surface area (Å²) in [5, 5.41) is 0. The Bertz CT molecular complexity index is 507. The van der Waals surface area contributed by atoms with E-state index in [1.807, 2.05) is 26.0 Å². The molecule has 0 fully saturated rings. The third-order valence-electron chi connectivity index (χ3n) is 3.22. The first-order valence-electron chi connectivity index (χ1n) is 7.08. The summed E-state index contributed by atoms with van der Waals surface area (Å²) in [5.41, 5.74) is 6.77. The van der Waals surface area contributed by atoms with Crippen LogP contribution < -0.4 is 10.5 Å². The molecule has 1 unspecified atom stereocenters. The molecule has 1 aromatic carbocycles. The Kier molecular flexibility index (Phi) is 6.17. The van der Waals surface area contributed by atoms with Gasteiger partial charge in [-0.25, -0.2) is 13.1 Å². The van der Waals surface area contributed by atoms with Crippen LogP contribution in [0.2, 0.25) is 0 Å². The largest absolute Gasteiger partial charge is 0.329 e. The lowest BCUT2D eigenvalue weighted by Gasteiger charge is -2.19. The molecule has 1 rings (SSSR count). The maximum absolute atomic E-state index is 12.3. The maximum atomic E-state index is 12.3. The molecule has 1 aromatic rings. The second-order valence-electron chi connectivity index (χ2n) is 5.91. The highest BCUT2D eigenvalue weighted by Gasteiger charge is 2.20. The lowest BCUT2D eigenvalue weighted by Crippen LogP contribution is -2.40. The summed E-state index contributed by atoms with van der Waals surface area (Å²) in [6, 6.07) is 6.81. The fraction of sp³-hybridized carbons (Fsp3) is 0.600. The molecule has 1 atom stereocenters. The third kappa shape index (κ3) is 4.89. The maximum Gasteiger partial charge on any atom is 0.240 e. The second kappa shape index (κ2) is 7.20. The topological polar surface area (TPSA) is 72.2 Å². The normalized spacial score (nSPS) is 13.9. The zero-order valence-corrected chi connectivity index (χ0v) is 13.6. The number of hydrogen-bond acceptors (Lipinski definition) is 3. The van der Waals surface area contributed by atoms with Crippen molar-refractivity contribution in [3.63, 3.8) is 0 Å². The van der Waals surface area contributed by atoms with Crippen molar-refractivity contribution < 1.29 is 8.42 Å².